The zero-order chi connectivity index (χ0) is 22.5. The second-order valence-corrected chi connectivity index (χ2v) is 8.71. The largest absolute Gasteiger partial charge is 0.344 e. The van der Waals surface area contributed by atoms with E-state index in [-0.39, 0.29) is 17.9 Å². The maximum absolute atomic E-state index is 12.8. The highest BCUT2D eigenvalue weighted by atomic mass is 16.5. The molecule has 3 aromatic heterocycles. The van der Waals surface area contributed by atoms with Crippen LogP contribution in [-0.2, 0) is 17.8 Å². The van der Waals surface area contributed by atoms with Gasteiger partial charge in [0.1, 0.15) is 6.04 Å². The van der Waals surface area contributed by atoms with E-state index in [2.05, 4.69) is 46.3 Å². The third kappa shape index (κ3) is 5.57. The molecule has 1 atom stereocenters. The lowest BCUT2D eigenvalue weighted by molar-refractivity contribution is -0.122. The average molecular weight is 425 g/mol. The molecule has 0 aliphatic heterocycles. The SMILES string of the molecule is Cc1nn(CC(C)C)c(C)c1CCC(=O)NC(c1nc(-c2cccnc2)no1)C(C)C. The Hall–Kier alpha value is -3.03. The first kappa shape index (κ1) is 22.7. The highest BCUT2D eigenvalue weighted by Gasteiger charge is 2.25. The molecule has 31 heavy (non-hydrogen) atoms. The van der Waals surface area contributed by atoms with Crippen LogP contribution in [-0.4, -0.2) is 30.8 Å². The van der Waals surface area contributed by atoms with Gasteiger partial charge in [-0.25, -0.2) is 0 Å². The molecule has 0 aromatic carbocycles. The summed E-state index contributed by atoms with van der Waals surface area (Å²) in [6.07, 6.45) is 4.40. The summed E-state index contributed by atoms with van der Waals surface area (Å²) >= 11 is 0. The average Bonchev–Trinajstić information content (AvgIpc) is 3.30. The van der Waals surface area contributed by atoms with Crippen LogP contribution in [0.1, 0.15) is 63.0 Å². The monoisotopic (exact) mass is 424 g/mol. The highest BCUT2D eigenvalue weighted by Crippen LogP contribution is 2.24. The van der Waals surface area contributed by atoms with E-state index >= 15 is 0 Å². The molecule has 0 bridgehead atoms. The lowest BCUT2D eigenvalue weighted by atomic mass is 10.0. The lowest BCUT2D eigenvalue weighted by Crippen LogP contribution is -2.32. The fourth-order valence-electron chi connectivity index (χ4n) is 3.59. The number of aromatic nitrogens is 5. The van der Waals surface area contributed by atoms with Crippen molar-refractivity contribution in [2.75, 3.05) is 0 Å². The van der Waals surface area contributed by atoms with Crippen molar-refractivity contribution in [3.8, 4) is 11.4 Å². The summed E-state index contributed by atoms with van der Waals surface area (Å²) in [5.41, 5.74) is 4.05. The van der Waals surface area contributed by atoms with E-state index < -0.39 is 0 Å². The number of amides is 1. The zero-order valence-electron chi connectivity index (χ0n) is 19.2. The van der Waals surface area contributed by atoms with Crippen molar-refractivity contribution >= 4 is 5.91 Å². The standard InChI is InChI=1S/C23H32N6O2/c1-14(2)13-29-17(6)19(16(5)27-29)9-10-20(30)25-21(15(3)4)23-26-22(28-31-23)18-8-7-11-24-12-18/h7-8,11-12,14-15,21H,9-10,13H2,1-6H3,(H,25,30). The van der Waals surface area contributed by atoms with Gasteiger partial charge in [0.15, 0.2) is 0 Å². The molecule has 0 aliphatic rings. The molecular formula is C23H32N6O2. The third-order valence-electron chi connectivity index (χ3n) is 5.28. The predicted octanol–water partition coefficient (Wildman–Crippen LogP) is 4.05. The number of aryl methyl sites for hydroxylation is 1. The minimum absolute atomic E-state index is 0.0461. The first-order valence-corrected chi connectivity index (χ1v) is 10.8. The normalized spacial score (nSPS) is 12.5. The number of nitrogens with one attached hydrogen (secondary N) is 1. The van der Waals surface area contributed by atoms with Gasteiger partial charge in [-0.3, -0.25) is 14.5 Å². The van der Waals surface area contributed by atoms with Gasteiger partial charge >= 0.3 is 0 Å². The molecule has 0 saturated carbocycles. The van der Waals surface area contributed by atoms with Crippen molar-refractivity contribution < 1.29 is 9.32 Å². The highest BCUT2D eigenvalue weighted by molar-refractivity contribution is 5.76. The van der Waals surface area contributed by atoms with Gasteiger partial charge in [-0.05, 0) is 49.8 Å². The van der Waals surface area contributed by atoms with Crippen molar-refractivity contribution in [3.05, 3.63) is 47.4 Å². The molecule has 1 unspecified atom stereocenters. The molecule has 0 fully saturated rings. The molecule has 3 rings (SSSR count). The number of nitrogens with zero attached hydrogens (tertiary/aromatic N) is 5. The summed E-state index contributed by atoms with van der Waals surface area (Å²) in [7, 11) is 0. The molecule has 166 valence electrons. The molecule has 1 amide bonds. The van der Waals surface area contributed by atoms with Gasteiger partial charge in [0.2, 0.25) is 17.6 Å². The van der Waals surface area contributed by atoms with Crippen molar-refractivity contribution in [1.82, 2.24) is 30.2 Å². The van der Waals surface area contributed by atoms with E-state index in [4.69, 9.17) is 4.52 Å². The summed E-state index contributed by atoms with van der Waals surface area (Å²) in [6.45, 7) is 13.3. The molecular weight excluding hydrogens is 392 g/mol. The van der Waals surface area contributed by atoms with E-state index in [1.807, 2.05) is 37.6 Å². The second kappa shape index (κ2) is 9.85. The Balaban J connectivity index is 1.66. The van der Waals surface area contributed by atoms with Gasteiger partial charge in [0.05, 0.1) is 5.69 Å². The number of pyridine rings is 1. The van der Waals surface area contributed by atoms with Gasteiger partial charge in [0.25, 0.3) is 0 Å². The number of hydrogen-bond donors (Lipinski definition) is 1. The topological polar surface area (TPSA) is 98.7 Å². The Morgan fingerprint density at radius 3 is 2.65 bits per heavy atom. The summed E-state index contributed by atoms with van der Waals surface area (Å²) < 4.78 is 7.51. The first-order chi connectivity index (χ1) is 14.8. The molecule has 0 spiro atoms. The van der Waals surface area contributed by atoms with Crippen molar-refractivity contribution in [1.29, 1.82) is 0 Å². The Kier molecular flexibility index (Phi) is 7.20. The van der Waals surface area contributed by atoms with Crippen LogP contribution in [0.15, 0.2) is 29.0 Å². The minimum Gasteiger partial charge on any atom is -0.344 e. The first-order valence-electron chi connectivity index (χ1n) is 10.8. The fourth-order valence-corrected chi connectivity index (χ4v) is 3.59. The van der Waals surface area contributed by atoms with Crippen molar-refractivity contribution in [2.24, 2.45) is 11.8 Å². The van der Waals surface area contributed by atoms with Crippen LogP contribution < -0.4 is 5.32 Å². The van der Waals surface area contributed by atoms with E-state index in [0.29, 0.717) is 30.5 Å². The number of rotatable bonds is 9. The van der Waals surface area contributed by atoms with Crippen LogP contribution in [0.2, 0.25) is 0 Å². The summed E-state index contributed by atoms with van der Waals surface area (Å²) in [4.78, 5) is 21.3. The quantitative estimate of drug-likeness (QED) is 0.556. The Morgan fingerprint density at radius 2 is 2.00 bits per heavy atom. The molecule has 0 radical (unpaired) electrons. The molecule has 8 heteroatoms. The van der Waals surface area contributed by atoms with Gasteiger partial charge in [0, 0.05) is 36.6 Å². The van der Waals surface area contributed by atoms with Gasteiger partial charge in [-0.15, -0.1) is 0 Å². The van der Waals surface area contributed by atoms with Crippen LogP contribution in [0.5, 0.6) is 0 Å². The third-order valence-corrected chi connectivity index (χ3v) is 5.28. The summed E-state index contributed by atoms with van der Waals surface area (Å²) in [5, 5.41) is 11.8. The van der Waals surface area contributed by atoms with E-state index in [0.717, 1.165) is 29.1 Å². The van der Waals surface area contributed by atoms with Crippen LogP contribution in [0.3, 0.4) is 0 Å². The Morgan fingerprint density at radius 1 is 1.23 bits per heavy atom. The van der Waals surface area contributed by atoms with Crippen LogP contribution in [0, 0.1) is 25.7 Å². The molecule has 3 heterocycles. The molecule has 0 aliphatic carbocycles. The smallest absolute Gasteiger partial charge is 0.249 e. The van der Waals surface area contributed by atoms with Gasteiger partial charge in [-0.1, -0.05) is 32.9 Å². The number of carbonyl (C=O) groups is 1. The fraction of sp³-hybridized carbons (Fsp3) is 0.522. The maximum Gasteiger partial charge on any atom is 0.249 e. The molecule has 0 saturated heterocycles. The van der Waals surface area contributed by atoms with Crippen LogP contribution in [0.4, 0.5) is 0 Å². The zero-order valence-corrected chi connectivity index (χ0v) is 19.2. The van der Waals surface area contributed by atoms with Crippen molar-refractivity contribution in [3.63, 3.8) is 0 Å². The van der Waals surface area contributed by atoms with Crippen molar-refractivity contribution in [2.45, 2.75) is 67.0 Å². The van der Waals surface area contributed by atoms with E-state index in [1.54, 1.807) is 12.4 Å². The Labute approximate surface area is 183 Å². The summed E-state index contributed by atoms with van der Waals surface area (Å²) in [5.74, 6) is 1.44. The van der Waals surface area contributed by atoms with E-state index in [9.17, 15) is 4.79 Å². The number of hydrogen-bond acceptors (Lipinski definition) is 6. The second-order valence-electron chi connectivity index (χ2n) is 8.71. The van der Waals surface area contributed by atoms with Crippen LogP contribution >= 0.6 is 0 Å². The van der Waals surface area contributed by atoms with Gasteiger partial charge in [-0.2, -0.15) is 10.1 Å². The predicted molar refractivity (Wildman–Crippen MR) is 118 cm³/mol. The Bertz CT molecular complexity index is 1010. The maximum atomic E-state index is 12.8. The summed E-state index contributed by atoms with van der Waals surface area (Å²) in [6, 6.07) is 3.34. The molecule has 1 N–H and O–H groups in total. The molecule has 8 nitrogen and oxygen atoms in total. The lowest BCUT2D eigenvalue weighted by Gasteiger charge is -2.18. The van der Waals surface area contributed by atoms with Gasteiger partial charge < -0.3 is 9.84 Å². The van der Waals surface area contributed by atoms with Crippen LogP contribution in [0.25, 0.3) is 11.4 Å². The molecule has 3 aromatic rings. The number of carbonyl (C=O) groups excluding carboxylic acids is 1. The van der Waals surface area contributed by atoms with E-state index in [1.165, 1.54) is 0 Å². The minimum atomic E-state index is -0.351.